The zero-order chi connectivity index (χ0) is 14.1. The highest BCUT2D eigenvalue weighted by Gasteiger charge is 2.31. The topological polar surface area (TPSA) is 32.3 Å². The number of likely N-dealkylation sites (tertiary alicyclic amines) is 1. The van der Waals surface area contributed by atoms with E-state index < -0.39 is 0 Å². The van der Waals surface area contributed by atoms with Gasteiger partial charge in [-0.2, -0.15) is 0 Å². The summed E-state index contributed by atoms with van der Waals surface area (Å²) >= 11 is 0. The normalized spacial score (nSPS) is 24.6. The van der Waals surface area contributed by atoms with E-state index in [1.165, 1.54) is 18.4 Å². The van der Waals surface area contributed by atoms with E-state index in [9.17, 15) is 4.79 Å². The van der Waals surface area contributed by atoms with Gasteiger partial charge in [-0.05, 0) is 42.9 Å². The maximum atomic E-state index is 12.6. The fourth-order valence-corrected chi connectivity index (χ4v) is 3.32. The Kier molecular flexibility index (Phi) is 5.28. The molecule has 2 aliphatic rings. The van der Waals surface area contributed by atoms with Crippen LogP contribution in [0.25, 0.3) is 0 Å². The van der Waals surface area contributed by atoms with E-state index in [0.29, 0.717) is 18.0 Å². The van der Waals surface area contributed by atoms with Gasteiger partial charge in [-0.1, -0.05) is 26.0 Å². The zero-order valence-electron chi connectivity index (χ0n) is 12.8. The van der Waals surface area contributed by atoms with Crippen molar-refractivity contribution in [1.29, 1.82) is 0 Å². The van der Waals surface area contributed by atoms with Gasteiger partial charge in [-0.15, -0.1) is 12.4 Å². The number of carbonyl (C=O) groups is 1. The van der Waals surface area contributed by atoms with Crippen molar-refractivity contribution in [3.63, 3.8) is 0 Å². The first-order valence-corrected chi connectivity index (χ1v) is 7.79. The second-order valence-corrected chi connectivity index (χ2v) is 6.45. The molecule has 2 atom stereocenters. The first-order valence-electron chi connectivity index (χ1n) is 7.79. The van der Waals surface area contributed by atoms with Gasteiger partial charge in [0.05, 0.1) is 0 Å². The molecule has 2 fully saturated rings. The van der Waals surface area contributed by atoms with E-state index in [1.807, 2.05) is 17.0 Å². The van der Waals surface area contributed by atoms with E-state index in [2.05, 4.69) is 31.3 Å². The van der Waals surface area contributed by atoms with Crippen LogP contribution in [0, 0.1) is 0 Å². The third-order valence-corrected chi connectivity index (χ3v) is 4.63. The van der Waals surface area contributed by atoms with E-state index >= 15 is 0 Å². The van der Waals surface area contributed by atoms with Crippen molar-refractivity contribution in [2.24, 2.45) is 0 Å². The molecule has 4 heteroatoms. The Morgan fingerprint density at radius 1 is 1.14 bits per heavy atom. The van der Waals surface area contributed by atoms with Crippen molar-refractivity contribution in [2.45, 2.75) is 51.1 Å². The van der Waals surface area contributed by atoms with Crippen LogP contribution in [0.3, 0.4) is 0 Å². The molecule has 0 aliphatic carbocycles. The van der Waals surface area contributed by atoms with Gasteiger partial charge < -0.3 is 10.2 Å². The summed E-state index contributed by atoms with van der Waals surface area (Å²) in [6, 6.07) is 9.26. The standard InChI is InChI=1S/C17H24N2O.ClH/c1-12(2)13-3-5-14(6-4-13)17(20)19-10-9-15-7-8-16(11-19)18-15;/h3-6,12,15-16,18H,7-11H2,1-2H3;1H. The molecule has 1 N–H and O–H groups in total. The third kappa shape index (κ3) is 3.58. The molecule has 116 valence electrons. The predicted molar refractivity (Wildman–Crippen MR) is 88.2 cm³/mol. The van der Waals surface area contributed by atoms with E-state index in [-0.39, 0.29) is 18.3 Å². The van der Waals surface area contributed by atoms with Crippen molar-refractivity contribution >= 4 is 18.3 Å². The Hall–Kier alpha value is -1.06. The maximum Gasteiger partial charge on any atom is 0.253 e. The number of fused-ring (bicyclic) bond motifs is 2. The molecule has 2 aliphatic heterocycles. The summed E-state index contributed by atoms with van der Waals surface area (Å²) in [7, 11) is 0. The van der Waals surface area contributed by atoms with Crippen LogP contribution >= 0.6 is 12.4 Å². The first-order chi connectivity index (χ1) is 9.63. The number of amides is 1. The molecule has 2 bridgehead atoms. The molecule has 0 radical (unpaired) electrons. The van der Waals surface area contributed by atoms with E-state index in [4.69, 9.17) is 0 Å². The number of carbonyl (C=O) groups excluding carboxylic acids is 1. The number of nitrogens with one attached hydrogen (secondary N) is 1. The lowest BCUT2D eigenvalue weighted by molar-refractivity contribution is 0.0748. The Balaban J connectivity index is 0.00000161. The molecule has 3 rings (SSSR count). The van der Waals surface area contributed by atoms with Gasteiger partial charge in [-0.25, -0.2) is 0 Å². The molecule has 2 heterocycles. The van der Waals surface area contributed by atoms with Crippen molar-refractivity contribution < 1.29 is 4.79 Å². The summed E-state index contributed by atoms with van der Waals surface area (Å²) in [6.07, 6.45) is 3.57. The lowest BCUT2D eigenvalue weighted by atomic mass is 10.0. The molecular formula is C17H25ClN2O. The van der Waals surface area contributed by atoms with Gasteiger partial charge in [0, 0.05) is 30.7 Å². The van der Waals surface area contributed by atoms with Crippen molar-refractivity contribution in [2.75, 3.05) is 13.1 Å². The Morgan fingerprint density at radius 3 is 2.48 bits per heavy atom. The molecule has 1 amide bonds. The number of hydrogen-bond donors (Lipinski definition) is 1. The lowest BCUT2D eigenvalue weighted by Crippen LogP contribution is -2.39. The zero-order valence-corrected chi connectivity index (χ0v) is 13.7. The van der Waals surface area contributed by atoms with Gasteiger partial charge in [0.2, 0.25) is 0 Å². The second kappa shape index (κ2) is 6.80. The monoisotopic (exact) mass is 308 g/mol. The summed E-state index contributed by atoms with van der Waals surface area (Å²) in [5, 5.41) is 3.62. The van der Waals surface area contributed by atoms with E-state index in [1.54, 1.807) is 0 Å². The average Bonchev–Trinajstić information content (AvgIpc) is 2.78. The van der Waals surface area contributed by atoms with Crippen LogP contribution in [-0.4, -0.2) is 36.0 Å². The van der Waals surface area contributed by atoms with Crippen molar-refractivity contribution in [3.05, 3.63) is 35.4 Å². The highest BCUT2D eigenvalue weighted by molar-refractivity contribution is 5.94. The fourth-order valence-electron chi connectivity index (χ4n) is 3.32. The van der Waals surface area contributed by atoms with Gasteiger partial charge >= 0.3 is 0 Å². The number of rotatable bonds is 2. The van der Waals surface area contributed by atoms with Crippen LogP contribution in [0.2, 0.25) is 0 Å². The molecule has 1 aromatic carbocycles. The Labute approximate surface area is 133 Å². The summed E-state index contributed by atoms with van der Waals surface area (Å²) in [4.78, 5) is 14.6. The fraction of sp³-hybridized carbons (Fsp3) is 0.588. The maximum absolute atomic E-state index is 12.6. The molecule has 2 saturated heterocycles. The third-order valence-electron chi connectivity index (χ3n) is 4.63. The smallest absolute Gasteiger partial charge is 0.253 e. The summed E-state index contributed by atoms with van der Waals surface area (Å²) in [5.41, 5.74) is 2.12. The number of benzene rings is 1. The van der Waals surface area contributed by atoms with Gasteiger partial charge in [0.25, 0.3) is 5.91 Å². The quantitative estimate of drug-likeness (QED) is 0.910. The molecule has 3 nitrogen and oxygen atoms in total. The molecular weight excluding hydrogens is 284 g/mol. The second-order valence-electron chi connectivity index (χ2n) is 6.45. The van der Waals surface area contributed by atoms with Crippen molar-refractivity contribution in [3.8, 4) is 0 Å². The first kappa shape index (κ1) is 16.3. The highest BCUT2D eigenvalue weighted by Crippen LogP contribution is 2.22. The highest BCUT2D eigenvalue weighted by atomic mass is 35.5. The SMILES string of the molecule is CC(C)c1ccc(C(=O)N2CCC3CCC(C2)N3)cc1.Cl. The summed E-state index contributed by atoms with van der Waals surface area (Å²) in [6.45, 7) is 6.10. The van der Waals surface area contributed by atoms with Crippen LogP contribution < -0.4 is 5.32 Å². The molecule has 0 aromatic heterocycles. The number of hydrogen-bond acceptors (Lipinski definition) is 2. The van der Waals surface area contributed by atoms with Crippen LogP contribution in [0.4, 0.5) is 0 Å². The Bertz CT molecular complexity index is 486. The average molecular weight is 309 g/mol. The molecule has 2 unspecified atom stereocenters. The minimum absolute atomic E-state index is 0. The number of nitrogens with zero attached hydrogens (tertiary/aromatic N) is 1. The largest absolute Gasteiger partial charge is 0.337 e. The molecule has 21 heavy (non-hydrogen) atoms. The minimum atomic E-state index is 0. The predicted octanol–water partition coefficient (Wildman–Crippen LogP) is 3.20. The summed E-state index contributed by atoms with van der Waals surface area (Å²) in [5.74, 6) is 0.701. The van der Waals surface area contributed by atoms with Gasteiger partial charge in [-0.3, -0.25) is 4.79 Å². The van der Waals surface area contributed by atoms with Gasteiger partial charge in [0.1, 0.15) is 0 Å². The molecule has 1 aromatic rings. The van der Waals surface area contributed by atoms with Crippen molar-refractivity contribution in [1.82, 2.24) is 10.2 Å². The number of halogens is 1. The van der Waals surface area contributed by atoms with Crippen LogP contribution in [0.1, 0.15) is 54.9 Å². The molecule has 0 spiro atoms. The van der Waals surface area contributed by atoms with Crippen LogP contribution in [0.5, 0.6) is 0 Å². The summed E-state index contributed by atoms with van der Waals surface area (Å²) < 4.78 is 0. The minimum Gasteiger partial charge on any atom is -0.337 e. The molecule has 0 saturated carbocycles. The Morgan fingerprint density at radius 2 is 1.81 bits per heavy atom. The van der Waals surface area contributed by atoms with E-state index in [0.717, 1.165) is 25.1 Å². The lowest BCUT2D eigenvalue weighted by Gasteiger charge is -2.24. The van der Waals surface area contributed by atoms with Gasteiger partial charge in [0.15, 0.2) is 0 Å². The van der Waals surface area contributed by atoms with Crippen LogP contribution in [0.15, 0.2) is 24.3 Å². The van der Waals surface area contributed by atoms with Crippen LogP contribution in [-0.2, 0) is 0 Å².